The smallest absolute Gasteiger partial charge is 0.0960 e. The average molecular weight is 216 g/mol. The lowest BCUT2D eigenvalue weighted by atomic mass is 10.1. The van der Waals surface area contributed by atoms with Gasteiger partial charge in [0.2, 0.25) is 0 Å². The van der Waals surface area contributed by atoms with Gasteiger partial charge in [-0.3, -0.25) is 0 Å². The molecule has 0 N–H and O–H groups in total. The molecule has 86 valence electrons. The average Bonchev–Trinajstić information content (AvgIpc) is 2.69. The zero-order chi connectivity index (χ0) is 11.5. The highest BCUT2D eigenvalue weighted by Gasteiger charge is 2.11. The minimum Gasteiger partial charge on any atom is -0.327 e. The Labute approximate surface area is 97.3 Å². The molecular weight excluding hydrogens is 196 g/mol. The van der Waals surface area contributed by atoms with Gasteiger partial charge < -0.3 is 4.57 Å². The fraction of sp³-hybridized carbons (Fsp3) is 0.500. The number of rotatable bonds is 4. The predicted molar refractivity (Wildman–Crippen MR) is 68.7 cm³/mol. The monoisotopic (exact) mass is 216 g/mol. The molecule has 1 atom stereocenters. The van der Waals surface area contributed by atoms with Crippen molar-refractivity contribution in [3.63, 3.8) is 0 Å². The van der Waals surface area contributed by atoms with Gasteiger partial charge in [0, 0.05) is 6.04 Å². The van der Waals surface area contributed by atoms with Crippen molar-refractivity contribution < 1.29 is 0 Å². The van der Waals surface area contributed by atoms with Gasteiger partial charge in [0.05, 0.1) is 17.4 Å². The summed E-state index contributed by atoms with van der Waals surface area (Å²) in [4.78, 5) is 4.47. The van der Waals surface area contributed by atoms with Crippen molar-refractivity contribution >= 4 is 11.0 Å². The molecule has 2 rings (SSSR count). The zero-order valence-electron chi connectivity index (χ0n) is 10.4. The third kappa shape index (κ3) is 1.97. The molecule has 0 aliphatic carbocycles. The largest absolute Gasteiger partial charge is 0.327 e. The third-order valence-electron chi connectivity index (χ3n) is 3.22. The summed E-state index contributed by atoms with van der Waals surface area (Å²) in [6.07, 6.45) is 5.63. The van der Waals surface area contributed by atoms with E-state index in [2.05, 4.69) is 48.5 Å². The maximum Gasteiger partial charge on any atom is 0.0960 e. The van der Waals surface area contributed by atoms with E-state index in [0.29, 0.717) is 6.04 Å². The number of nitrogens with zero attached hydrogens (tertiary/aromatic N) is 2. The Kier molecular flexibility index (Phi) is 3.28. The highest BCUT2D eigenvalue weighted by atomic mass is 15.1. The highest BCUT2D eigenvalue weighted by Crippen LogP contribution is 2.24. The first-order valence-corrected chi connectivity index (χ1v) is 6.19. The number of hydrogen-bond donors (Lipinski definition) is 0. The van der Waals surface area contributed by atoms with Gasteiger partial charge in [-0.25, -0.2) is 4.98 Å². The zero-order valence-corrected chi connectivity index (χ0v) is 10.4. The van der Waals surface area contributed by atoms with Crippen LogP contribution in [0.1, 0.15) is 44.7 Å². The number of hydrogen-bond acceptors (Lipinski definition) is 1. The van der Waals surface area contributed by atoms with Crippen molar-refractivity contribution in [3.8, 4) is 0 Å². The summed E-state index contributed by atoms with van der Waals surface area (Å²) in [5.74, 6) is 0. The minimum absolute atomic E-state index is 0.594. The van der Waals surface area contributed by atoms with Gasteiger partial charge in [-0.2, -0.15) is 0 Å². The lowest BCUT2D eigenvalue weighted by Crippen LogP contribution is -2.06. The van der Waals surface area contributed by atoms with Gasteiger partial charge >= 0.3 is 0 Å². The number of aromatic nitrogens is 2. The van der Waals surface area contributed by atoms with Crippen LogP contribution in [0, 0.1) is 6.92 Å². The van der Waals surface area contributed by atoms with Gasteiger partial charge in [-0.1, -0.05) is 26.3 Å². The maximum atomic E-state index is 4.47. The maximum absolute atomic E-state index is 4.47. The summed E-state index contributed by atoms with van der Waals surface area (Å²) in [6, 6.07) is 7.07. The van der Waals surface area contributed by atoms with Crippen LogP contribution in [0.15, 0.2) is 24.5 Å². The molecule has 0 saturated carbocycles. The topological polar surface area (TPSA) is 17.8 Å². The number of aryl methyl sites for hydroxylation is 1. The Hall–Kier alpha value is -1.31. The van der Waals surface area contributed by atoms with Crippen LogP contribution in [0.3, 0.4) is 0 Å². The van der Waals surface area contributed by atoms with E-state index in [4.69, 9.17) is 0 Å². The Morgan fingerprint density at radius 1 is 1.31 bits per heavy atom. The van der Waals surface area contributed by atoms with Crippen LogP contribution in [-0.4, -0.2) is 9.55 Å². The van der Waals surface area contributed by atoms with Crippen molar-refractivity contribution in [3.05, 3.63) is 30.1 Å². The van der Waals surface area contributed by atoms with Gasteiger partial charge in [-0.05, 0) is 37.5 Å². The van der Waals surface area contributed by atoms with Crippen molar-refractivity contribution in [1.29, 1.82) is 0 Å². The first-order valence-electron chi connectivity index (χ1n) is 6.19. The second-order valence-corrected chi connectivity index (χ2v) is 4.49. The van der Waals surface area contributed by atoms with Crippen molar-refractivity contribution in [1.82, 2.24) is 9.55 Å². The summed E-state index contributed by atoms with van der Waals surface area (Å²) in [7, 11) is 0. The van der Waals surface area contributed by atoms with Crippen molar-refractivity contribution in [2.24, 2.45) is 0 Å². The molecule has 0 radical (unpaired) electrons. The molecule has 0 bridgehead atoms. The number of imidazole rings is 1. The molecule has 0 amide bonds. The summed E-state index contributed by atoms with van der Waals surface area (Å²) in [5, 5.41) is 0. The molecule has 0 aliphatic heterocycles. The number of fused-ring (bicyclic) bond motifs is 1. The van der Waals surface area contributed by atoms with Gasteiger partial charge in [-0.15, -0.1) is 0 Å². The molecule has 1 aromatic carbocycles. The van der Waals surface area contributed by atoms with Crippen LogP contribution in [0.25, 0.3) is 11.0 Å². The Balaban J connectivity index is 2.46. The molecule has 16 heavy (non-hydrogen) atoms. The normalized spacial score (nSPS) is 13.2. The second kappa shape index (κ2) is 4.69. The van der Waals surface area contributed by atoms with E-state index in [9.17, 15) is 0 Å². The Morgan fingerprint density at radius 2 is 2.12 bits per heavy atom. The van der Waals surface area contributed by atoms with Gasteiger partial charge in [0.25, 0.3) is 0 Å². The van der Waals surface area contributed by atoms with Crippen molar-refractivity contribution in [2.75, 3.05) is 0 Å². The second-order valence-electron chi connectivity index (χ2n) is 4.49. The molecular formula is C14H20N2. The van der Waals surface area contributed by atoms with E-state index >= 15 is 0 Å². The lowest BCUT2D eigenvalue weighted by molar-refractivity contribution is 0.458. The van der Waals surface area contributed by atoms with Crippen LogP contribution in [0.5, 0.6) is 0 Å². The fourth-order valence-electron chi connectivity index (χ4n) is 2.30. The van der Waals surface area contributed by atoms with E-state index in [1.54, 1.807) is 0 Å². The SMILES string of the molecule is CCCC(CC)n1cnc2ccc(C)cc21. The predicted octanol–water partition coefficient (Wildman–Crippen LogP) is 4.10. The van der Waals surface area contributed by atoms with Crippen LogP contribution in [0.4, 0.5) is 0 Å². The summed E-state index contributed by atoms with van der Waals surface area (Å²) in [5.41, 5.74) is 3.70. The fourth-order valence-corrected chi connectivity index (χ4v) is 2.30. The molecule has 2 heteroatoms. The third-order valence-corrected chi connectivity index (χ3v) is 3.22. The minimum atomic E-state index is 0.594. The Morgan fingerprint density at radius 3 is 2.81 bits per heavy atom. The van der Waals surface area contributed by atoms with Crippen LogP contribution in [-0.2, 0) is 0 Å². The quantitative estimate of drug-likeness (QED) is 0.752. The molecule has 0 spiro atoms. The molecule has 1 heterocycles. The van der Waals surface area contributed by atoms with Crippen LogP contribution < -0.4 is 0 Å². The first-order chi connectivity index (χ1) is 7.76. The lowest BCUT2D eigenvalue weighted by Gasteiger charge is -2.16. The van der Waals surface area contributed by atoms with Crippen LogP contribution in [0.2, 0.25) is 0 Å². The van der Waals surface area contributed by atoms with Gasteiger partial charge in [0.15, 0.2) is 0 Å². The molecule has 2 aromatic rings. The summed E-state index contributed by atoms with van der Waals surface area (Å²) >= 11 is 0. The highest BCUT2D eigenvalue weighted by molar-refractivity contribution is 5.76. The Bertz CT molecular complexity index is 471. The molecule has 0 aliphatic rings. The molecule has 0 saturated heterocycles. The van der Waals surface area contributed by atoms with E-state index < -0.39 is 0 Å². The van der Waals surface area contributed by atoms with E-state index in [1.807, 2.05) is 6.33 Å². The first kappa shape index (κ1) is 11.2. The van der Waals surface area contributed by atoms with Gasteiger partial charge in [0.1, 0.15) is 0 Å². The van der Waals surface area contributed by atoms with E-state index in [0.717, 1.165) is 5.52 Å². The molecule has 1 aromatic heterocycles. The standard InChI is InChI=1S/C14H20N2/c1-4-6-12(5-2)16-10-15-13-8-7-11(3)9-14(13)16/h7-10,12H,4-6H2,1-3H3. The number of benzene rings is 1. The molecule has 1 unspecified atom stereocenters. The summed E-state index contributed by atoms with van der Waals surface area (Å²) in [6.45, 7) is 6.63. The van der Waals surface area contributed by atoms with Crippen molar-refractivity contribution in [2.45, 2.75) is 46.1 Å². The molecule has 2 nitrogen and oxygen atoms in total. The molecule has 0 fully saturated rings. The van der Waals surface area contributed by atoms with Crippen LogP contribution >= 0.6 is 0 Å². The van der Waals surface area contributed by atoms with E-state index in [-0.39, 0.29) is 0 Å². The summed E-state index contributed by atoms with van der Waals surface area (Å²) < 4.78 is 2.34. The van der Waals surface area contributed by atoms with E-state index in [1.165, 1.54) is 30.3 Å².